The fourth-order valence-corrected chi connectivity index (χ4v) is 3.15. The van der Waals surface area contributed by atoms with Gasteiger partial charge >= 0.3 is 0 Å². The van der Waals surface area contributed by atoms with Crippen molar-refractivity contribution in [2.24, 2.45) is 0 Å². The summed E-state index contributed by atoms with van der Waals surface area (Å²) in [6.07, 6.45) is 4.22. The summed E-state index contributed by atoms with van der Waals surface area (Å²) in [5, 5.41) is 2.49. The fraction of sp³-hybridized carbons (Fsp3) is 0.0769. The second-order valence-corrected chi connectivity index (χ2v) is 6.62. The van der Waals surface area contributed by atoms with Crippen LogP contribution in [0.3, 0.4) is 0 Å². The first-order valence-electron chi connectivity index (χ1n) is 9.33. The van der Waals surface area contributed by atoms with E-state index < -0.39 is 0 Å². The Labute approximate surface area is 165 Å². The van der Waals surface area contributed by atoms with Gasteiger partial charge < -0.3 is 9.47 Å². The molecule has 0 atom stereocenters. The Hall–Kier alpha value is -3.52. The predicted molar refractivity (Wildman–Crippen MR) is 117 cm³/mol. The molecule has 0 heterocycles. The summed E-state index contributed by atoms with van der Waals surface area (Å²) in [6, 6.07) is 31.0. The summed E-state index contributed by atoms with van der Waals surface area (Å²) in [4.78, 5) is 0. The van der Waals surface area contributed by atoms with E-state index in [1.165, 1.54) is 16.3 Å². The van der Waals surface area contributed by atoms with E-state index in [2.05, 4.69) is 66.7 Å². The molecule has 4 aromatic rings. The minimum atomic E-state index is 0.509. The monoisotopic (exact) mass is 366 g/mol. The quantitative estimate of drug-likeness (QED) is 0.358. The highest BCUT2D eigenvalue weighted by molar-refractivity contribution is 5.86. The molecule has 0 aromatic heterocycles. The van der Waals surface area contributed by atoms with E-state index in [0.29, 0.717) is 6.61 Å². The molecule has 0 radical (unpaired) electrons. The van der Waals surface area contributed by atoms with E-state index in [4.69, 9.17) is 9.47 Å². The molecule has 2 heteroatoms. The molecule has 0 saturated carbocycles. The molecule has 0 bridgehead atoms. The lowest BCUT2D eigenvalue weighted by Crippen LogP contribution is -1.97. The van der Waals surface area contributed by atoms with Crippen LogP contribution in [0, 0.1) is 0 Å². The van der Waals surface area contributed by atoms with Gasteiger partial charge in [0.15, 0.2) is 11.5 Å². The SMILES string of the molecule is COc1ccc(/C=C/c2ccc3ccccc3c2)cc1OCc1ccccc1. The molecule has 0 spiro atoms. The van der Waals surface area contributed by atoms with Crippen LogP contribution in [-0.4, -0.2) is 7.11 Å². The zero-order valence-corrected chi connectivity index (χ0v) is 15.8. The Morgan fingerprint density at radius 1 is 0.643 bits per heavy atom. The molecular weight excluding hydrogens is 344 g/mol. The highest BCUT2D eigenvalue weighted by Crippen LogP contribution is 2.29. The summed E-state index contributed by atoms with van der Waals surface area (Å²) in [6.45, 7) is 0.509. The van der Waals surface area contributed by atoms with Gasteiger partial charge in [-0.25, -0.2) is 0 Å². The van der Waals surface area contributed by atoms with Gasteiger partial charge in [0.05, 0.1) is 7.11 Å². The van der Waals surface area contributed by atoms with Crippen molar-refractivity contribution in [3.05, 3.63) is 108 Å². The van der Waals surface area contributed by atoms with E-state index in [0.717, 1.165) is 22.6 Å². The largest absolute Gasteiger partial charge is 0.493 e. The zero-order valence-electron chi connectivity index (χ0n) is 15.8. The summed E-state index contributed by atoms with van der Waals surface area (Å²) in [5.74, 6) is 1.48. The lowest BCUT2D eigenvalue weighted by atomic mass is 10.1. The van der Waals surface area contributed by atoms with Gasteiger partial charge in [0.25, 0.3) is 0 Å². The molecule has 0 N–H and O–H groups in total. The molecular formula is C26H22O2. The van der Waals surface area contributed by atoms with Crippen molar-refractivity contribution < 1.29 is 9.47 Å². The average molecular weight is 366 g/mol. The van der Waals surface area contributed by atoms with Crippen LogP contribution in [0.15, 0.2) is 91.0 Å². The highest BCUT2D eigenvalue weighted by atomic mass is 16.5. The van der Waals surface area contributed by atoms with Crippen LogP contribution in [0.25, 0.3) is 22.9 Å². The maximum Gasteiger partial charge on any atom is 0.162 e. The average Bonchev–Trinajstić information content (AvgIpc) is 2.77. The van der Waals surface area contributed by atoms with Crippen molar-refractivity contribution >= 4 is 22.9 Å². The van der Waals surface area contributed by atoms with Crippen molar-refractivity contribution in [3.8, 4) is 11.5 Å². The van der Waals surface area contributed by atoms with Crippen molar-refractivity contribution in [2.45, 2.75) is 6.61 Å². The second kappa shape index (κ2) is 8.45. The Bertz CT molecular complexity index is 1100. The lowest BCUT2D eigenvalue weighted by molar-refractivity contribution is 0.284. The van der Waals surface area contributed by atoms with E-state index in [-0.39, 0.29) is 0 Å². The van der Waals surface area contributed by atoms with E-state index in [1.54, 1.807) is 7.11 Å². The van der Waals surface area contributed by atoms with Crippen molar-refractivity contribution in [1.29, 1.82) is 0 Å². The second-order valence-electron chi connectivity index (χ2n) is 6.62. The molecule has 0 unspecified atom stereocenters. The summed E-state index contributed by atoms with van der Waals surface area (Å²) < 4.78 is 11.5. The van der Waals surface area contributed by atoms with Crippen molar-refractivity contribution in [2.75, 3.05) is 7.11 Å². The van der Waals surface area contributed by atoms with E-state index in [9.17, 15) is 0 Å². The predicted octanol–water partition coefficient (Wildman–Crippen LogP) is 6.60. The van der Waals surface area contributed by atoms with E-state index in [1.807, 2.05) is 36.4 Å². The smallest absolute Gasteiger partial charge is 0.162 e. The van der Waals surface area contributed by atoms with Gasteiger partial charge in [-0.05, 0) is 45.7 Å². The lowest BCUT2D eigenvalue weighted by Gasteiger charge is -2.11. The minimum Gasteiger partial charge on any atom is -0.493 e. The summed E-state index contributed by atoms with van der Waals surface area (Å²) >= 11 is 0. The molecule has 0 saturated heterocycles. The Morgan fingerprint density at radius 2 is 1.32 bits per heavy atom. The zero-order chi connectivity index (χ0) is 19.2. The molecule has 4 aromatic carbocycles. The third-order valence-corrected chi connectivity index (χ3v) is 4.67. The van der Waals surface area contributed by atoms with Gasteiger partial charge in [0, 0.05) is 0 Å². The maximum atomic E-state index is 6.01. The Balaban J connectivity index is 1.54. The van der Waals surface area contributed by atoms with Crippen molar-refractivity contribution in [3.63, 3.8) is 0 Å². The van der Waals surface area contributed by atoms with Crippen LogP contribution in [0.4, 0.5) is 0 Å². The van der Waals surface area contributed by atoms with Crippen LogP contribution in [-0.2, 0) is 6.61 Å². The molecule has 2 nitrogen and oxygen atoms in total. The molecule has 0 amide bonds. The number of fused-ring (bicyclic) bond motifs is 1. The molecule has 0 fully saturated rings. The number of methoxy groups -OCH3 is 1. The molecule has 4 rings (SSSR count). The number of hydrogen-bond donors (Lipinski definition) is 0. The third-order valence-electron chi connectivity index (χ3n) is 4.67. The van der Waals surface area contributed by atoms with Crippen molar-refractivity contribution in [1.82, 2.24) is 0 Å². The Kier molecular flexibility index (Phi) is 5.39. The minimum absolute atomic E-state index is 0.509. The first kappa shape index (κ1) is 17.9. The topological polar surface area (TPSA) is 18.5 Å². The van der Waals surface area contributed by atoms with Crippen LogP contribution < -0.4 is 9.47 Å². The number of hydrogen-bond acceptors (Lipinski definition) is 2. The van der Waals surface area contributed by atoms with Gasteiger partial charge in [-0.1, -0.05) is 84.9 Å². The molecule has 0 aliphatic carbocycles. The van der Waals surface area contributed by atoms with Gasteiger partial charge in [0.2, 0.25) is 0 Å². The van der Waals surface area contributed by atoms with E-state index >= 15 is 0 Å². The van der Waals surface area contributed by atoms with Crippen LogP contribution in [0.2, 0.25) is 0 Å². The van der Waals surface area contributed by atoms with Gasteiger partial charge in [-0.2, -0.15) is 0 Å². The molecule has 0 aliphatic rings. The maximum absolute atomic E-state index is 6.01. The fourth-order valence-electron chi connectivity index (χ4n) is 3.15. The van der Waals surface area contributed by atoms with Gasteiger partial charge in [0.1, 0.15) is 6.61 Å². The number of rotatable bonds is 6. The molecule has 0 aliphatic heterocycles. The van der Waals surface area contributed by atoms with Gasteiger partial charge in [-0.15, -0.1) is 0 Å². The first-order valence-corrected chi connectivity index (χ1v) is 9.33. The molecule has 138 valence electrons. The molecule has 28 heavy (non-hydrogen) atoms. The highest BCUT2D eigenvalue weighted by Gasteiger charge is 2.05. The van der Waals surface area contributed by atoms with Crippen LogP contribution in [0.1, 0.15) is 16.7 Å². The first-order chi connectivity index (χ1) is 13.8. The third kappa shape index (κ3) is 4.24. The van der Waals surface area contributed by atoms with Crippen LogP contribution >= 0.6 is 0 Å². The van der Waals surface area contributed by atoms with Crippen LogP contribution in [0.5, 0.6) is 11.5 Å². The summed E-state index contributed by atoms with van der Waals surface area (Å²) in [7, 11) is 1.66. The number of ether oxygens (including phenoxy) is 2. The number of benzene rings is 4. The standard InChI is InChI=1S/C26H22O2/c1-27-25-16-14-21(18-26(25)28-19-22-7-3-2-4-8-22)12-11-20-13-15-23-9-5-6-10-24(23)17-20/h2-18H,19H2,1H3/b12-11+. The Morgan fingerprint density at radius 3 is 2.11 bits per heavy atom. The van der Waals surface area contributed by atoms with Gasteiger partial charge in [-0.3, -0.25) is 0 Å². The normalized spacial score (nSPS) is 11.0. The summed E-state index contributed by atoms with van der Waals surface area (Å²) in [5.41, 5.74) is 3.36.